The van der Waals surface area contributed by atoms with Gasteiger partial charge in [-0.25, -0.2) is 0 Å². The van der Waals surface area contributed by atoms with Crippen molar-refractivity contribution in [3.05, 3.63) is 69.8 Å². The lowest BCUT2D eigenvalue weighted by atomic mass is 9.80. The van der Waals surface area contributed by atoms with Crippen LogP contribution >= 0.6 is 0 Å². The number of carbonyl (C=O) groups is 1. The Kier molecular flexibility index (Phi) is 4.36. The number of amides is 1. The van der Waals surface area contributed by atoms with Crippen molar-refractivity contribution in [1.29, 1.82) is 0 Å². The molecule has 136 valence electrons. The van der Waals surface area contributed by atoms with Gasteiger partial charge in [0.1, 0.15) is 0 Å². The van der Waals surface area contributed by atoms with Gasteiger partial charge in [0.25, 0.3) is 0 Å². The molecule has 26 heavy (non-hydrogen) atoms. The molecule has 2 aliphatic heterocycles. The Labute approximate surface area is 156 Å². The van der Waals surface area contributed by atoms with Crippen LogP contribution in [0.3, 0.4) is 0 Å². The number of hydrogen-bond donors (Lipinski definition) is 1. The second kappa shape index (κ2) is 6.55. The fourth-order valence-corrected chi connectivity index (χ4v) is 4.82. The molecule has 2 aromatic carbocycles. The topological polar surface area (TPSA) is 32.3 Å². The molecule has 1 fully saturated rings. The molecule has 3 nitrogen and oxygen atoms in total. The molecule has 1 amide bonds. The fraction of sp³-hybridized carbons (Fsp3) is 0.435. The van der Waals surface area contributed by atoms with E-state index in [9.17, 15) is 4.79 Å². The Morgan fingerprint density at radius 1 is 1.08 bits per heavy atom. The highest BCUT2D eigenvalue weighted by Gasteiger charge is 2.45. The van der Waals surface area contributed by atoms with Crippen LogP contribution in [0.25, 0.3) is 0 Å². The van der Waals surface area contributed by atoms with Crippen LogP contribution in [0.15, 0.2) is 36.4 Å². The van der Waals surface area contributed by atoms with E-state index >= 15 is 0 Å². The van der Waals surface area contributed by atoms with Crippen molar-refractivity contribution in [3.8, 4) is 0 Å². The maximum Gasteiger partial charge on any atom is 0.228 e. The molecule has 1 N–H and O–H groups in total. The molecule has 2 aliphatic rings. The van der Waals surface area contributed by atoms with Gasteiger partial charge < -0.3 is 5.32 Å². The van der Waals surface area contributed by atoms with Gasteiger partial charge in [-0.2, -0.15) is 0 Å². The summed E-state index contributed by atoms with van der Waals surface area (Å²) in [6.45, 7) is 10.00. The Balaban J connectivity index is 1.57. The first-order valence-corrected chi connectivity index (χ1v) is 9.61. The van der Waals surface area contributed by atoms with Crippen LogP contribution in [0.2, 0.25) is 0 Å². The van der Waals surface area contributed by atoms with E-state index in [1.165, 1.54) is 33.4 Å². The summed E-state index contributed by atoms with van der Waals surface area (Å²) in [5.41, 5.74) is 7.78. The average Bonchev–Trinajstić information content (AvgIpc) is 2.95. The van der Waals surface area contributed by atoms with Crippen molar-refractivity contribution in [3.63, 3.8) is 0 Å². The molecule has 0 radical (unpaired) electrons. The highest BCUT2D eigenvalue weighted by molar-refractivity contribution is 5.84. The van der Waals surface area contributed by atoms with Crippen LogP contribution in [-0.4, -0.2) is 23.9 Å². The average molecular weight is 348 g/mol. The van der Waals surface area contributed by atoms with Gasteiger partial charge in [-0.3, -0.25) is 9.69 Å². The third kappa shape index (κ3) is 3.05. The third-order valence-electron chi connectivity index (χ3n) is 6.22. The SMILES string of the molecule is Cc1cc(C)c(CN2CCC3(Cc4ccccc4CNC3=O)C2)c(C)c1. The molecule has 1 unspecified atom stereocenters. The molecule has 0 aromatic heterocycles. The molecule has 1 saturated heterocycles. The number of likely N-dealkylation sites (tertiary alicyclic amines) is 1. The van der Waals surface area contributed by atoms with E-state index in [1.807, 2.05) is 0 Å². The lowest BCUT2D eigenvalue weighted by Crippen LogP contribution is -2.42. The minimum Gasteiger partial charge on any atom is -0.351 e. The summed E-state index contributed by atoms with van der Waals surface area (Å²) in [5.74, 6) is 0.230. The van der Waals surface area contributed by atoms with E-state index in [0.29, 0.717) is 6.54 Å². The molecule has 0 bridgehead atoms. The second-order valence-corrected chi connectivity index (χ2v) is 8.25. The van der Waals surface area contributed by atoms with Crippen molar-refractivity contribution in [2.45, 2.75) is 46.7 Å². The number of hydrogen-bond acceptors (Lipinski definition) is 2. The lowest BCUT2D eigenvalue weighted by molar-refractivity contribution is -0.130. The Bertz CT molecular complexity index is 834. The van der Waals surface area contributed by atoms with Crippen molar-refractivity contribution in [2.75, 3.05) is 13.1 Å². The van der Waals surface area contributed by atoms with E-state index in [1.54, 1.807) is 0 Å². The highest BCUT2D eigenvalue weighted by Crippen LogP contribution is 2.38. The standard InChI is InChI=1S/C23H28N2O/c1-16-10-17(2)21(18(3)11-16)14-25-9-8-23(15-25)12-19-6-4-5-7-20(19)13-24-22(23)26/h4-7,10-11H,8-9,12-15H2,1-3H3,(H,24,26). The van der Waals surface area contributed by atoms with Gasteiger partial charge in [-0.15, -0.1) is 0 Å². The highest BCUT2D eigenvalue weighted by atomic mass is 16.2. The lowest BCUT2D eigenvalue weighted by Gasteiger charge is -2.27. The zero-order valence-corrected chi connectivity index (χ0v) is 16.1. The van der Waals surface area contributed by atoms with Gasteiger partial charge in [0.15, 0.2) is 0 Å². The van der Waals surface area contributed by atoms with Crippen LogP contribution in [0.1, 0.15) is 39.8 Å². The van der Waals surface area contributed by atoms with E-state index in [2.05, 4.69) is 67.4 Å². The maximum absolute atomic E-state index is 12.9. The molecular weight excluding hydrogens is 320 g/mol. The monoisotopic (exact) mass is 348 g/mol. The molecule has 2 heterocycles. The normalized spacial score (nSPS) is 23.0. The first kappa shape index (κ1) is 17.3. The van der Waals surface area contributed by atoms with Crippen LogP contribution in [0, 0.1) is 26.2 Å². The summed E-state index contributed by atoms with van der Waals surface area (Å²) in [7, 11) is 0. The van der Waals surface area contributed by atoms with Crippen LogP contribution in [0.4, 0.5) is 0 Å². The zero-order chi connectivity index (χ0) is 18.3. The van der Waals surface area contributed by atoms with Crippen LogP contribution < -0.4 is 5.32 Å². The van der Waals surface area contributed by atoms with E-state index in [0.717, 1.165) is 32.5 Å². The number of fused-ring (bicyclic) bond motifs is 1. The zero-order valence-electron chi connectivity index (χ0n) is 16.1. The first-order chi connectivity index (χ1) is 12.5. The predicted octanol–water partition coefficient (Wildman–Crippen LogP) is 3.68. The van der Waals surface area contributed by atoms with Crippen molar-refractivity contribution in [2.24, 2.45) is 5.41 Å². The Hall–Kier alpha value is -2.13. The third-order valence-corrected chi connectivity index (χ3v) is 6.22. The van der Waals surface area contributed by atoms with Crippen LogP contribution in [0.5, 0.6) is 0 Å². The fourth-order valence-electron chi connectivity index (χ4n) is 4.82. The van der Waals surface area contributed by atoms with Gasteiger partial charge in [-0.05, 0) is 68.0 Å². The van der Waals surface area contributed by atoms with E-state index in [4.69, 9.17) is 0 Å². The number of nitrogens with one attached hydrogen (secondary N) is 1. The van der Waals surface area contributed by atoms with Crippen molar-refractivity contribution >= 4 is 5.91 Å². The maximum atomic E-state index is 12.9. The van der Waals surface area contributed by atoms with Crippen LogP contribution in [-0.2, 0) is 24.3 Å². The van der Waals surface area contributed by atoms with Gasteiger partial charge in [-0.1, -0.05) is 42.0 Å². The smallest absolute Gasteiger partial charge is 0.228 e. The minimum absolute atomic E-state index is 0.230. The van der Waals surface area contributed by atoms with E-state index < -0.39 is 0 Å². The summed E-state index contributed by atoms with van der Waals surface area (Å²) in [4.78, 5) is 15.4. The molecule has 0 aliphatic carbocycles. The van der Waals surface area contributed by atoms with Crippen molar-refractivity contribution in [1.82, 2.24) is 10.2 Å². The van der Waals surface area contributed by atoms with Gasteiger partial charge in [0.2, 0.25) is 5.91 Å². The molecule has 4 rings (SSSR count). The quantitative estimate of drug-likeness (QED) is 0.898. The van der Waals surface area contributed by atoms with Crippen molar-refractivity contribution < 1.29 is 4.79 Å². The largest absolute Gasteiger partial charge is 0.351 e. The van der Waals surface area contributed by atoms with Gasteiger partial charge >= 0.3 is 0 Å². The molecule has 1 atom stereocenters. The summed E-state index contributed by atoms with van der Waals surface area (Å²) in [6.07, 6.45) is 1.80. The predicted molar refractivity (Wildman–Crippen MR) is 105 cm³/mol. The number of aryl methyl sites for hydroxylation is 3. The summed E-state index contributed by atoms with van der Waals surface area (Å²) < 4.78 is 0. The Morgan fingerprint density at radius 3 is 2.50 bits per heavy atom. The van der Waals surface area contributed by atoms with Gasteiger partial charge in [0, 0.05) is 19.6 Å². The van der Waals surface area contributed by atoms with E-state index in [-0.39, 0.29) is 11.3 Å². The molecule has 1 spiro atoms. The molecule has 0 saturated carbocycles. The summed E-state index contributed by atoms with van der Waals surface area (Å²) in [6, 6.07) is 13.0. The number of benzene rings is 2. The molecule has 3 heteroatoms. The molecular formula is C23H28N2O. The minimum atomic E-state index is -0.279. The number of rotatable bonds is 2. The van der Waals surface area contributed by atoms with Gasteiger partial charge in [0.05, 0.1) is 5.41 Å². The summed E-state index contributed by atoms with van der Waals surface area (Å²) in [5, 5.41) is 3.18. The number of nitrogens with zero attached hydrogens (tertiary/aromatic N) is 1. The first-order valence-electron chi connectivity index (χ1n) is 9.61. The second-order valence-electron chi connectivity index (χ2n) is 8.25. The summed E-state index contributed by atoms with van der Waals surface area (Å²) >= 11 is 0. The Morgan fingerprint density at radius 2 is 1.77 bits per heavy atom. The molecule has 2 aromatic rings. The number of carbonyl (C=O) groups excluding carboxylic acids is 1.